The number of sulfone groups is 1. The van der Waals surface area contributed by atoms with Gasteiger partial charge < -0.3 is 10.1 Å². The summed E-state index contributed by atoms with van der Waals surface area (Å²) in [5, 5.41) is 7.40. The number of carbonyl (C=O) groups is 1. The van der Waals surface area contributed by atoms with Gasteiger partial charge in [-0.1, -0.05) is 0 Å². The predicted octanol–water partition coefficient (Wildman–Crippen LogP) is 1.81. The number of nitrogens with one attached hydrogen (secondary N) is 1. The Morgan fingerprint density at radius 1 is 1.23 bits per heavy atom. The Kier molecular flexibility index (Phi) is 4.22. The molecule has 8 heteroatoms. The topological polar surface area (TPSA) is 90.3 Å². The summed E-state index contributed by atoms with van der Waals surface area (Å²) in [4.78, 5) is 12.4. The molecule has 2 aromatic rings. The van der Waals surface area contributed by atoms with E-state index in [4.69, 9.17) is 4.74 Å². The van der Waals surface area contributed by atoms with E-state index in [2.05, 4.69) is 10.4 Å². The van der Waals surface area contributed by atoms with Crippen LogP contribution in [0.5, 0.6) is 5.75 Å². The van der Waals surface area contributed by atoms with Gasteiger partial charge in [-0.2, -0.15) is 5.10 Å². The van der Waals surface area contributed by atoms with Crippen LogP contribution in [0.2, 0.25) is 0 Å². The number of ether oxygens (including phenoxy) is 1. The molecular formula is C18H21N3O4S. The molecule has 0 bridgehead atoms. The van der Waals surface area contributed by atoms with Crippen molar-refractivity contribution in [2.75, 3.05) is 18.6 Å². The van der Waals surface area contributed by atoms with E-state index >= 15 is 0 Å². The number of aromatic nitrogens is 2. The van der Waals surface area contributed by atoms with Gasteiger partial charge in [0, 0.05) is 11.6 Å². The summed E-state index contributed by atoms with van der Waals surface area (Å²) < 4.78 is 30.7. The lowest BCUT2D eigenvalue weighted by Crippen LogP contribution is -2.26. The van der Waals surface area contributed by atoms with E-state index in [0.717, 1.165) is 29.8 Å². The molecule has 1 aromatic heterocycles. The van der Waals surface area contributed by atoms with E-state index < -0.39 is 9.84 Å². The monoisotopic (exact) mass is 375 g/mol. The van der Waals surface area contributed by atoms with Gasteiger partial charge in [-0.25, -0.2) is 8.42 Å². The number of amides is 1. The van der Waals surface area contributed by atoms with Crippen LogP contribution in [0.4, 0.5) is 0 Å². The van der Waals surface area contributed by atoms with Crippen molar-refractivity contribution in [3.8, 4) is 17.0 Å². The number of rotatable bonds is 5. The predicted molar refractivity (Wildman–Crippen MR) is 97.0 cm³/mol. The number of methoxy groups -OCH3 is 1. The first-order valence-electron chi connectivity index (χ1n) is 8.70. The van der Waals surface area contributed by atoms with Gasteiger partial charge in [0.25, 0.3) is 5.91 Å². The maximum Gasteiger partial charge on any atom is 0.272 e. The standard InChI is InChI=1S/C18H21N3O4S/c1-25-15-6-2-12(3-7-15)17-10-16(18(22)19-13-4-5-13)20-21(17)14-8-9-26(23,24)11-14/h2-3,6-7,10,13-14H,4-5,8-9,11H2,1H3,(H,19,22)/t14-/m1/s1. The van der Waals surface area contributed by atoms with Crippen LogP contribution >= 0.6 is 0 Å². The maximum atomic E-state index is 12.4. The quantitative estimate of drug-likeness (QED) is 0.861. The van der Waals surface area contributed by atoms with Gasteiger partial charge in [-0.05, 0) is 49.6 Å². The highest BCUT2D eigenvalue weighted by molar-refractivity contribution is 7.91. The van der Waals surface area contributed by atoms with Crippen molar-refractivity contribution >= 4 is 15.7 Å². The summed E-state index contributed by atoms with van der Waals surface area (Å²) in [6.45, 7) is 0. The number of carbonyl (C=O) groups excluding carboxylic acids is 1. The van der Waals surface area contributed by atoms with Gasteiger partial charge >= 0.3 is 0 Å². The second kappa shape index (κ2) is 6.42. The Bertz CT molecular complexity index is 930. The molecule has 1 aliphatic carbocycles. The molecule has 1 atom stereocenters. The first-order chi connectivity index (χ1) is 12.4. The molecule has 0 unspecified atom stereocenters. The second-order valence-electron chi connectivity index (χ2n) is 6.89. The summed E-state index contributed by atoms with van der Waals surface area (Å²) >= 11 is 0. The Balaban J connectivity index is 1.71. The minimum absolute atomic E-state index is 0.0571. The Morgan fingerprint density at radius 2 is 1.96 bits per heavy atom. The van der Waals surface area contributed by atoms with Crippen molar-refractivity contribution < 1.29 is 17.9 Å². The normalized spacial score (nSPS) is 21.5. The average Bonchev–Trinajstić information content (AvgIpc) is 3.20. The molecule has 1 saturated heterocycles. The van der Waals surface area contributed by atoms with Gasteiger partial charge in [-0.15, -0.1) is 0 Å². The molecule has 7 nitrogen and oxygen atoms in total. The molecule has 1 saturated carbocycles. The Labute approximate surface area is 152 Å². The second-order valence-corrected chi connectivity index (χ2v) is 9.12. The van der Waals surface area contributed by atoms with E-state index in [-0.39, 0.29) is 29.5 Å². The molecule has 1 aromatic carbocycles. The van der Waals surface area contributed by atoms with Crippen LogP contribution in [-0.4, -0.2) is 48.8 Å². The van der Waals surface area contributed by atoms with E-state index in [1.165, 1.54) is 0 Å². The highest BCUT2D eigenvalue weighted by Crippen LogP contribution is 2.31. The molecule has 0 radical (unpaired) electrons. The molecule has 1 aliphatic heterocycles. The zero-order valence-corrected chi connectivity index (χ0v) is 15.3. The van der Waals surface area contributed by atoms with Crippen LogP contribution in [0.3, 0.4) is 0 Å². The SMILES string of the molecule is COc1ccc(-c2cc(C(=O)NC3CC3)nn2[C@@H]2CCS(=O)(=O)C2)cc1. The third-order valence-corrected chi connectivity index (χ3v) is 6.57. The van der Waals surface area contributed by atoms with Crippen molar-refractivity contribution in [2.24, 2.45) is 0 Å². The molecule has 26 heavy (non-hydrogen) atoms. The first-order valence-corrected chi connectivity index (χ1v) is 10.5. The Morgan fingerprint density at radius 3 is 2.54 bits per heavy atom. The fourth-order valence-corrected chi connectivity index (χ4v) is 4.91. The van der Waals surface area contributed by atoms with Crippen molar-refractivity contribution in [1.29, 1.82) is 0 Å². The van der Waals surface area contributed by atoms with Crippen molar-refractivity contribution in [3.63, 3.8) is 0 Å². The van der Waals surface area contributed by atoms with E-state index in [1.54, 1.807) is 17.9 Å². The molecule has 2 heterocycles. The summed E-state index contributed by atoms with van der Waals surface area (Å²) in [5.74, 6) is 0.738. The van der Waals surface area contributed by atoms with Crippen LogP contribution in [0, 0.1) is 0 Å². The minimum Gasteiger partial charge on any atom is -0.497 e. The molecule has 138 valence electrons. The largest absolute Gasteiger partial charge is 0.497 e. The molecule has 2 fully saturated rings. The third-order valence-electron chi connectivity index (χ3n) is 4.82. The average molecular weight is 375 g/mol. The fraction of sp³-hybridized carbons (Fsp3) is 0.444. The van der Waals surface area contributed by atoms with Gasteiger partial charge in [-0.3, -0.25) is 9.48 Å². The van der Waals surface area contributed by atoms with Gasteiger partial charge in [0.1, 0.15) is 5.75 Å². The fourth-order valence-electron chi connectivity index (χ4n) is 3.22. The number of hydrogen-bond donors (Lipinski definition) is 1. The van der Waals surface area contributed by atoms with Gasteiger partial charge in [0.15, 0.2) is 15.5 Å². The lowest BCUT2D eigenvalue weighted by molar-refractivity contribution is 0.0945. The highest BCUT2D eigenvalue weighted by Gasteiger charge is 2.33. The van der Waals surface area contributed by atoms with Crippen LogP contribution in [-0.2, 0) is 9.84 Å². The molecule has 4 rings (SSSR count). The number of hydrogen-bond acceptors (Lipinski definition) is 5. The molecular weight excluding hydrogens is 354 g/mol. The van der Waals surface area contributed by atoms with Gasteiger partial charge in [0.2, 0.25) is 0 Å². The minimum atomic E-state index is -3.05. The van der Waals surface area contributed by atoms with Crippen LogP contribution in [0.15, 0.2) is 30.3 Å². The highest BCUT2D eigenvalue weighted by atomic mass is 32.2. The number of nitrogens with zero attached hydrogens (tertiary/aromatic N) is 2. The van der Waals surface area contributed by atoms with Crippen molar-refractivity contribution in [1.82, 2.24) is 15.1 Å². The van der Waals surface area contributed by atoms with Crippen molar-refractivity contribution in [3.05, 3.63) is 36.0 Å². The molecule has 1 amide bonds. The van der Waals surface area contributed by atoms with E-state index in [1.807, 2.05) is 24.3 Å². The summed E-state index contributed by atoms with van der Waals surface area (Å²) in [7, 11) is -1.45. The molecule has 2 aliphatic rings. The third kappa shape index (κ3) is 3.46. The summed E-state index contributed by atoms with van der Waals surface area (Å²) in [5.41, 5.74) is 1.94. The summed E-state index contributed by atoms with van der Waals surface area (Å²) in [6.07, 6.45) is 2.51. The lowest BCUT2D eigenvalue weighted by Gasteiger charge is -2.13. The lowest BCUT2D eigenvalue weighted by atomic mass is 10.1. The van der Waals surface area contributed by atoms with Crippen LogP contribution < -0.4 is 10.1 Å². The van der Waals surface area contributed by atoms with Gasteiger partial charge in [0.05, 0.1) is 30.4 Å². The zero-order chi connectivity index (χ0) is 18.3. The Hall–Kier alpha value is -2.35. The summed E-state index contributed by atoms with van der Waals surface area (Å²) in [6, 6.07) is 9.18. The van der Waals surface area contributed by atoms with E-state index in [0.29, 0.717) is 12.1 Å². The molecule has 0 spiro atoms. The van der Waals surface area contributed by atoms with E-state index in [9.17, 15) is 13.2 Å². The number of benzene rings is 1. The maximum absolute atomic E-state index is 12.4. The molecule has 1 N–H and O–H groups in total. The van der Waals surface area contributed by atoms with Crippen molar-refractivity contribution in [2.45, 2.75) is 31.3 Å². The first kappa shape index (κ1) is 17.1. The zero-order valence-electron chi connectivity index (χ0n) is 14.5. The van der Waals surface area contributed by atoms with Crippen LogP contribution in [0.1, 0.15) is 35.8 Å². The smallest absolute Gasteiger partial charge is 0.272 e. The van der Waals surface area contributed by atoms with Crippen LogP contribution in [0.25, 0.3) is 11.3 Å².